The van der Waals surface area contributed by atoms with Crippen molar-refractivity contribution in [1.29, 1.82) is 0 Å². The molecule has 0 radical (unpaired) electrons. The highest BCUT2D eigenvalue weighted by molar-refractivity contribution is 5.48. The van der Waals surface area contributed by atoms with Crippen LogP contribution in [0.2, 0.25) is 0 Å². The molecule has 0 aliphatic carbocycles. The minimum atomic E-state index is 0.252. The lowest BCUT2D eigenvalue weighted by Gasteiger charge is -2.24. The Morgan fingerprint density at radius 1 is 1.62 bits per heavy atom. The van der Waals surface area contributed by atoms with E-state index in [4.69, 9.17) is 5.73 Å². The number of nitrogens with two attached hydrogens (primary N) is 1. The summed E-state index contributed by atoms with van der Waals surface area (Å²) < 4.78 is 0. The Bertz CT molecular complexity index is 339. The standard InChI is InChI=1S/C11H19N5/c1-4-5-13-10-6-11(15-8-14-10)16(3)9(2)7-12/h4,6,8-9H,1,5,7,12H2,2-3H3,(H,13,14,15). The number of rotatable bonds is 6. The van der Waals surface area contributed by atoms with E-state index in [0.29, 0.717) is 13.1 Å². The number of likely N-dealkylation sites (N-methyl/N-ethyl adjacent to an activating group) is 1. The fourth-order valence-electron chi connectivity index (χ4n) is 1.20. The van der Waals surface area contributed by atoms with Crippen molar-refractivity contribution in [3.63, 3.8) is 0 Å². The predicted octanol–water partition coefficient (Wildman–Crippen LogP) is 0.858. The topological polar surface area (TPSA) is 67.1 Å². The van der Waals surface area contributed by atoms with Gasteiger partial charge in [0.25, 0.3) is 0 Å². The summed E-state index contributed by atoms with van der Waals surface area (Å²) in [5.41, 5.74) is 5.61. The first kappa shape index (κ1) is 12.4. The number of nitrogens with one attached hydrogen (secondary N) is 1. The van der Waals surface area contributed by atoms with E-state index in [1.807, 2.05) is 18.0 Å². The third-order valence-electron chi connectivity index (χ3n) is 2.44. The van der Waals surface area contributed by atoms with Crippen LogP contribution in [-0.2, 0) is 0 Å². The van der Waals surface area contributed by atoms with Crippen LogP contribution in [0.25, 0.3) is 0 Å². The molecule has 0 amide bonds. The van der Waals surface area contributed by atoms with Crippen LogP contribution in [0.4, 0.5) is 11.6 Å². The van der Waals surface area contributed by atoms with Crippen molar-refractivity contribution in [3.05, 3.63) is 25.0 Å². The summed E-state index contributed by atoms with van der Waals surface area (Å²) in [6.45, 7) is 6.98. The molecule has 1 aromatic heterocycles. The van der Waals surface area contributed by atoms with E-state index in [2.05, 4.69) is 28.8 Å². The molecule has 16 heavy (non-hydrogen) atoms. The van der Waals surface area contributed by atoms with Crippen molar-refractivity contribution in [2.24, 2.45) is 5.73 Å². The van der Waals surface area contributed by atoms with E-state index in [-0.39, 0.29) is 6.04 Å². The van der Waals surface area contributed by atoms with E-state index in [0.717, 1.165) is 11.6 Å². The van der Waals surface area contributed by atoms with E-state index in [1.165, 1.54) is 0 Å². The monoisotopic (exact) mass is 221 g/mol. The first-order valence-corrected chi connectivity index (χ1v) is 5.28. The Morgan fingerprint density at radius 3 is 3.00 bits per heavy atom. The largest absolute Gasteiger partial charge is 0.366 e. The van der Waals surface area contributed by atoms with Crippen LogP contribution < -0.4 is 16.0 Å². The zero-order chi connectivity index (χ0) is 12.0. The average Bonchev–Trinajstić information content (AvgIpc) is 2.34. The van der Waals surface area contributed by atoms with Gasteiger partial charge in [0.05, 0.1) is 0 Å². The summed E-state index contributed by atoms with van der Waals surface area (Å²) in [5.74, 6) is 1.65. The van der Waals surface area contributed by atoms with Crippen molar-refractivity contribution in [2.45, 2.75) is 13.0 Å². The normalized spacial score (nSPS) is 11.9. The number of aromatic nitrogens is 2. The zero-order valence-corrected chi connectivity index (χ0v) is 9.85. The molecule has 0 spiro atoms. The highest BCUT2D eigenvalue weighted by Crippen LogP contribution is 2.14. The maximum absolute atomic E-state index is 5.61. The van der Waals surface area contributed by atoms with Gasteiger partial charge in [-0.15, -0.1) is 6.58 Å². The lowest BCUT2D eigenvalue weighted by molar-refractivity contribution is 0.686. The van der Waals surface area contributed by atoms with Crippen LogP contribution >= 0.6 is 0 Å². The Hall–Kier alpha value is -1.62. The molecule has 0 saturated carbocycles. The third kappa shape index (κ3) is 3.20. The van der Waals surface area contributed by atoms with E-state index in [9.17, 15) is 0 Å². The molecule has 1 rings (SSSR count). The fourth-order valence-corrected chi connectivity index (χ4v) is 1.20. The van der Waals surface area contributed by atoms with Crippen molar-refractivity contribution in [1.82, 2.24) is 9.97 Å². The molecule has 1 aromatic rings. The van der Waals surface area contributed by atoms with Gasteiger partial charge in [-0.25, -0.2) is 9.97 Å². The molecule has 5 nitrogen and oxygen atoms in total. The molecule has 3 N–H and O–H groups in total. The molecule has 0 aliphatic rings. The second-order valence-corrected chi connectivity index (χ2v) is 3.63. The molecule has 0 aliphatic heterocycles. The smallest absolute Gasteiger partial charge is 0.134 e. The number of hydrogen-bond acceptors (Lipinski definition) is 5. The van der Waals surface area contributed by atoms with Gasteiger partial charge in [0, 0.05) is 32.2 Å². The van der Waals surface area contributed by atoms with Crippen LogP contribution in [0.3, 0.4) is 0 Å². The maximum atomic E-state index is 5.61. The summed E-state index contributed by atoms with van der Waals surface area (Å²) in [5, 5.41) is 3.12. The van der Waals surface area contributed by atoms with Crippen LogP contribution in [0.15, 0.2) is 25.0 Å². The van der Waals surface area contributed by atoms with Crippen molar-refractivity contribution >= 4 is 11.6 Å². The van der Waals surface area contributed by atoms with Crippen LogP contribution in [0.1, 0.15) is 6.92 Å². The Kier molecular flexibility index (Phi) is 4.72. The lowest BCUT2D eigenvalue weighted by Crippen LogP contribution is -2.35. The SMILES string of the molecule is C=CCNc1cc(N(C)C(C)CN)ncn1. The second-order valence-electron chi connectivity index (χ2n) is 3.63. The van der Waals surface area contributed by atoms with Gasteiger partial charge in [0.1, 0.15) is 18.0 Å². The first-order valence-electron chi connectivity index (χ1n) is 5.28. The van der Waals surface area contributed by atoms with Crippen LogP contribution in [0, 0.1) is 0 Å². The quantitative estimate of drug-likeness (QED) is 0.697. The van der Waals surface area contributed by atoms with Gasteiger partial charge < -0.3 is 16.0 Å². The Labute approximate surface area is 96.4 Å². The van der Waals surface area contributed by atoms with E-state index < -0.39 is 0 Å². The average molecular weight is 221 g/mol. The van der Waals surface area contributed by atoms with Gasteiger partial charge in [0.15, 0.2) is 0 Å². The minimum absolute atomic E-state index is 0.252. The first-order chi connectivity index (χ1) is 7.69. The number of anilines is 2. The minimum Gasteiger partial charge on any atom is -0.366 e. The Morgan fingerprint density at radius 2 is 2.38 bits per heavy atom. The van der Waals surface area contributed by atoms with Crippen molar-refractivity contribution < 1.29 is 0 Å². The molecule has 0 fully saturated rings. The molecule has 0 bridgehead atoms. The molecular formula is C11H19N5. The van der Waals surface area contributed by atoms with Crippen molar-refractivity contribution in [3.8, 4) is 0 Å². The van der Waals surface area contributed by atoms with Crippen LogP contribution in [0.5, 0.6) is 0 Å². The Balaban J connectivity index is 2.76. The molecule has 1 atom stereocenters. The van der Waals surface area contributed by atoms with Gasteiger partial charge in [-0.05, 0) is 6.92 Å². The molecule has 0 aromatic carbocycles. The maximum Gasteiger partial charge on any atom is 0.134 e. The molecule has 5 heteroatoms. The van der Waals surface area contributed by atoms with Gasteiger partial charge in [-0.3, -0.25) is 0 Å². The molecule has 1 unspecified atom stereocenters. The zero-order valence-electron chi connectivity index (χ0n) is 9.85. The fraction of sp³-hybridized carbons (Fsp3) is 0.455. The highest BCUT2D eigenvalue weighted by Gasteiger charge is 2.09. The van der Waals surface area contributed by atoms with E-state index in [1.54, 1.807) is 12.4 Å². The summed E-state index contributed by atoms with van der Waals surface area (Å²) >= 11 is 0. The molecule has 1 heterocycles. The van der Waals surface area contributed by atoms with Crippen LogP contribution in [-0.4, -0.2) is 36.1 Å². The number of nitrogens with zero attached hydrogens (tertiary/aromatic N) is 3. The van der Waals surface area contributed by atoms with Gasteiger partial charge >= 0.3 is 0 Å². The summed E-state index contributed by atoms with van der Waals surface area (Å²) in [6.07, 6.45) is 3.33. The molecule has 0 saturated heterocycles. The second kappa shape index (κ2) is 6.07. The third-order valence-corrected chi connectivity index (χ3v) is 2.44. The highest BCUT2D eigenvalue weighted by atomic mass is 15.2. The van der Waals surface area contributed by atoms with E-state index >= 15 is 0 Å². The predicted molar refractivity (Wildman–Crippen MR) is 67.6 cm³/mol. The summed E-state index contributed by atoms with van der Waals surface area (Å²) in [4.78, 5) is 10.4. The van der Waals surface area contributed by atoms with Gasteiger partial charge in [0.2, 0.25) is 0 Å². The summed E-state index contributed by atoms with van der Waals surface area (Å²) in [7, 11) is 1.97. The van der Waals surface area contributed by atoms with Gasteiger partial charge in [-0.1, -0.05) is 6.08 Å². The summed E-state index contributed by atoms with van der Waals surface area (Å²) in [6, 6.07) is 2.15. The van der Waals surface area contributed by atoms with Gasteiger partial charge in [-0.2, -0.15) is 0 Å². The molecular weight excluding hydrogens is 202 g/mol. The lowest BCUT2D eigenvalue weighted by atomic mass is 10.3. The molecule has 88 valence electrons. The number of hydrogen-bond donors (Lipinski definition) is 2. The van der Waals surface area contributed by atoms with Crippen molar-refractivity contribution in [2.75, 3.05) is 30.4 Å².